The maximum absolute atomic E-state index is 8.82. The van der Waals surface area contributed by atoms with Crippen LogP contribution in [0.5, 0.6) is 0 Å². The van der Waals surface area contributed by atoms with E-state index in [9.17, 15) is 0 Å². The molecular formula is C17H24ClN3. The van der Waals surface area contributed by atoms with Crippen molar-refractivity contribution < 1.29 is 0 Å². The van der Waals surface area contributed by atoms with Crippen LogP contribution in [0.4, 0.5) is 0 Å². The van der Waals surface area contributed by atoms with E-state index in [0.717, 1.165) is 31.1 Å². The molecule has 3 nitrogen and oxygen atoms in total. The Morgan fingerprint density at radius 2 is 2.29 bits per heavy atom. The highest BCUT2D eigenvalue weighted by Crippen LogP contribution is 2.18. The maximum Gasteiger partial charge on any atom is 0.0992 e. The summed E-state index contributed by atoms with van der Waals surface area (Å²) in [6, 6.07) is 8.32. The zero-order valence-corrected chi connectivity index (χ0v) is 13.5. The SMILES string of the molecule is CC1CCCCN1CCCNCc1ccc(C#N)cc1Cl. The largest absolute Gasteiger partial charge is 0.313 e. The van der Waals surface area contributed by atoms with E-state index < -0.39 is 0 Å². The summed E-state index contributed by atoms with van der Waals surface area (Å²) in [5, 5.41) is 12.9. The number of nitrogens with one attached hydrogen (secondary N) is 1. The molecule has 21 heavy (non-hydrogen) atoms. The minimum Gasteiger partial charge on any atom is -0.313 e. The van der Waals surface area contributed by atoms with E-state index in [2.05, 4.69) is 23.2 Å². The summed E-state index contributed by atoms with van der Waals surface area (Å²) in [5.74, 6) is 0. The fourth-order valence-corrected chi connectivity index (χ4v) is 3.13. The molecule has 1 aliphatic rings. The lowest BCUT2D eigenvalue weighted by atomic mass is 10.0. The van der Waals surface area contributed by atoms with Crippen LogP contribution in [0.3, 0.4) is 0 Å². The van der Waals surface area contributed by atoms with Crippen LogP contribution in [0.25, 0.3) is 0 Å². The van der Waals surface area contributed by atoms with E-state index in [-0.39, 0.29) is 0 Å². The molecule has 1 aromatic carbocycles. The van der Waals surface area contributed by atoms with Gasteiger partial charge in [0.1, 0.15) is 0 Å². The van der Waals surface area contributed by atoms with Crippen molar-refractivity contribution >= 4 is 11.6 Å². The lowest BCUT2D eigenvalue weighted by Crippen LogP contribution is -2.38. The van der Waals surface area contributed by atoms with Crippen LogP contribution < -0.4 is 5.32 Å². The lowest BCUT2D eigenvalue weighted by molar-refractivity contribution is 0.159. The molecule has 1 aliphatic heterocycles. The zero-order valence-electron chi connectivity index (χ0n) is 12.7. The van der Waals surface area contributed by atoms with Crippen molar-refractivity contribution in [1.29, 1.82) is 5.26 Å². The highest BCUT2D eigenvalue weighted by Gasteiger charge is 2.16. The summed E-state index contributed by atoms with van der Waals surface area (Å²) < 4.78 is 0. The summed E-state index contributed by atoms with van der Waals surface area (Å²) >= 11 is 6.16. The number of hydrogen-bond donors (Lipinski definition) is 1. The van der Waals surface area contributed by atoms with Crippen molar-refractivity contribution in [3.63, 3.8) is 0 Å². The van der Waals surface area contributed by atoms with Crippen molar-refractivity contribution in [3.05, 3.63) is 34.3 Å². The van der Waals surface area contributed by atoms with E-state index in [1.165, 1.54) is 32.4 Å². The third kappa shape index (κ3) is 5.00. The van der Waals surface area contributed by atoms with Gasteiger partial charge in [-0.2, -0.15) is 5.26 Å². The molecule has 1 saturated heterocycles. The van der Waals surface area contributed by atoms with Gasteiger partial charge in [-0.1, -0.05) is 24.1 Å². The first-order chi connectivity index (χ1) is 10.2. The molecule has 0 aromatic heterocycles. The van der Waals surface area contributed by atoms with E-state index in [1.54, 1.807) is 6.07 Å². The number of likely N-dealkylation sites (tertiary alicyclic amines) is 1. The molecule has 0 spiro atoms. The molecule has 114 valence electrons. The summed E-state index contributed by atoms with van der Waals surface area (Å²) in [7, 11) is 0. The average Bonchev–Trinajstić information content (AvgIpc) is 2.50. The molecule has 2 rings (SSSR count). The Morgan fingerprint density at radius 3 is 3.00 bits per heavy atom. The molecular weight excluding hydrogens is 282 g/mol. The Labute approximate surface area is 132 Å². The van der Waals surface area contributed by atoms with E-state index >= 15 is 0 Å². The average molecular weight is 306 g/mol. The Kier molecular flexibility index (Phi) is 6.50. The van der Waals surface area contributed by atoms with Crippen LogP contribution in [-0.2, 0) is 6.54 Å². The number of rotatable bonds is 6. The molecule has 1 atom stereocenters. The van der Waals surface area contributed by atoms with Gasteiger partial charge in [-0.05, 0) is 63.5 Å². The first kappa shape index (κ1) is 16.3. The first-order valence-electron chi connectivity index (χ1n) is 7.84. The fraction of sp³-hybridized carbons (Fsp3) is 0.588. The second kappa shape index (κ2) is 8.38. The van der Waals surface area contributed by atoms with Gasteiger partial charge >= 0.3 is 0 Å². The second-order valence-corrected chi connectivity index (χ2v) is 6.24. The predicted octanol–water partition coefficient (Wildman–Crippen LogP) is 3.57. The molecule has 0 amide bonds. The summed E-state index contributed by atoms with van der Waals surface area (Å²) in [6.07, 6.45) is 5.23. The summed E-state index contributed by atoms with van der Waals surface area (Å²) in [5.41, 5.74) is 1.67. The molecule has 1 fully saturated rings. The molecule has 0 radical (unpaired) electrons. The number of nitrogens with zero attached hydrogens (tertiary/aromatic N) is 2. The van der Waals surface area contributed by atoms with Crippen LogP contribution in [-0.4, -0.2) is 30.6 Å². The number of halogens is 1. The normalized spacial score (nSPS) is 19.4. The minimum atomic E-state index is 0.614. The summed E-state index contributed by atoms with van der Waals surface area (Å²) in [6.45, 7) is 6.53. The maximum atomic E-state index is 8.82. The molecule has 0 bridgehead atoms. The van der Waals surface area contributed by atoms with E-state index in [4.69, 9.17) is 16.9 Å². The zero-order chi connectivity index (χ0) is 15.1. The quantitative estimate of drug-likeness (QED) is 0.817. The standard InChI is InChI=1S/C17H24ClN3/c1-14-5-2-3-9-21(14)10-4-8-20-13-16-7-6-15(12-19)11-17(16)18/h6-7,11,14,20H,2-5,8-10,13H2,1H3. The minimum absolute atomic E-state index is 0.614. The Hall–Kier alpha value is -1.08. The molecule has 1 heterocycles. The predicted molar refractivity (Wildman–Crippen MR) is 87.4 cm³/mol. The third-order valence-electron chi connectivity index (χ3n) is 4.24. The van der Waals surface area contributed by atoms with Gasteiger partial charge < -0.3 is 10.2 Å². The molecule has 1 aromatic rings. The van der Waals surface area contributed by atoms with Gasteiger partial charge in [0, 0.05) is 17.6 Å². The molecule has 1 N–H and O–H groups in total. The van der Waals surface area contributed by atoms with Gasteiger partial charge in [-0.15, -0.1) is 0 Å². The van der Waals surface area contributed by atoms with Crippen molar-refractivity contribution in [2.24, 2.45) is 0 Å². The summed E-state index contributed by atoms with van der Waals surface area (Å²) in [4.78, 5) is 2.60. The Balaban J connectivity index is 1.67. The van der Waals surface area contributed by atoms with Crippen LogP contribution in [0.2, 0.25) is 5.02 Å². The monoisotopic (exact) mass is 305 g/mol. The van der Waals surface area contributed by atoms with Crippen molar-refractivity contribution in [2.75, 3.05) is 19.6 Å². The van der Waals surface area contributed by atoms with Crippen LogP contribution in [0.15, 0.2) is 18.2 Å². The lowest BCUT2D eigenvalue weighted by Gasteiger charge is -2.33. The number of nitriles is 1. The Morgan fingerprint density at radius 1 is 1.43 bits per heavy atom. The van der Waals surface area contributed by atoms with Crippen molar-refractivity contribution in [3.8, 4) is 6.07 Å². The van der Waals surface area contributed by atoms with Gasteiger partial charge in [0.05, 0.1) is 11.6 Å². The van der Waals surface area contributed by atoms with Crippen LogP contribution in [0, 0.1) is 11.3 Å². The highest BCUT2D eigenvalue weighted by atomic mass is 35.5. The molecule has 4 heteroatoms. The van der Waals surface area contributed by atoms with E-state index in [1.807, 2.05) is 12.1 Å². The van der Waals surface area contributed by atoms with Gasteiger partial charge in [-0.3, -0.25) is 0 Å². The smallest absolute Gasteiger partial charge is 0.0992 e. The van der Waals surface area contributed by atoms with Crippen LogP contribution in [0.1, 0.15) is 43.7 Å². The molecule has 1 unspecified atom stereocenters. The van der Waals surface area contributed by atoms with Gasteiger partial charge in [0.25, 0.3) is 0 Å². The fourth-order valence-electron chi connectivity index (χ4n) is 2.88. The molecule has 0 saturated carbocycles. The number of piperidine rings is 1. The van der Waals surface area contributed by atoms with E-state index in [0.29, 0.717) is 10.6 Å². The van der Waals surface area contributed by atoms with Crippen molar-refractivity contribution in [1.82, 2.24) is 10.2 Å². The van der Waals surface area contributed by atoms with Gasteiger partial charge in [-0.25, -0.2) is 0 Å². The third-order valence-corrected chi connectivity index (χ3v) is 4.59. The number of benzene rings is 1. The number of hydrogen-bond acceptors (Lipinski definition) is 3. The second-order valence-electron chi connectivity index (χ2n) is 5.83. The highest BCUT2D eigenvalue weighted by molar-refractivity contribution is 6.31. The Bertz CT molecular complexity index is 495. The topological polar surface area (TPSA) is 39.1 Å². The molecule has 0 aliphatic carbocycles. The van der Waals surface area contributed by atoms with Crippen LogP contribution >= 0.6 is 11.6 Å². The van der Waals surface area contributed by atoms with Crippen molar-refractivity contribution in [2.45, 2.75) is 45.2 Å². The first-order valence-corrected chi connectivity index (χ1v) is 8.22. The van der Waals surface area contributed by atoms with Gasteiger partial charge in [0.2, 0.25) is 0 Å². The van der Waals surface area contributed by atoms with Gasteiger partial charge in [0.15, 0.2) is 0 Å².